The average Bonchev–Trinajstić information content (AvgIpc) is 2.75. The van der Waals surface area contributed by atoms with Crippen LogP contribution in [0, 0.1) is 0 Å². The third-order valence-electron chi connectivity index (χ3n) is 2.63. The van der Waals surface area contributed by atoms with Crippen LogP contribution in [0.4, 0.5) is 0 Å². The molecule has 2 rings (SSSR count). The van der Waals surface area contributed by atoms with Crippen molar-refractivity contribution >= 4 is 33.4 Å². The van der Waals surface area contributed by atoms with E-state index in [9.17, 15) is 4.79 Å². The minimum atomic E-state index is -0.118. The maximum Gasteiger partial charge on any atom is 0.252 e. The number of aromatic nitrogens is 2. The highest BCUT2D eigenvalue weighted by Crippen LogP contribution is 2.21. The van der Waals surface area contributed by atoms with Crippen LogP contribution in [-0.4, -0.2) is 22.2 Å². The smallest absolute Gasteiger partial charge is 0.252 e. The molecule has 0 spiro atoms. The fourth-order valence-corrected chi connectivity index (χ4v) is 2.55. The Labute approximate surface area is 124 Å². The number of hydrogen-bond donors (Lipinski definition) is 1. The second-order valence-electron chi connectivity index (χ2n) is 4.15. The monoisotopic (exact) mass is 341 g/mol. The quantitative estimate of drug-likeness (QED) is 0.929. The summed E-state index contributed by atoms with van der Waals surface area (Å²) in [4.78, 5) is 12.0. The number of nitrogens with one attached hydrogen (secondary N) is 1. The Kier molecular flexibility index (Phi) is 4.61. The van der Waals surface area contributed by atoms with Gasteiger partial charge in [-0.1, -0.05) is 11.6 Å². The van der Waals surface area contributed by atoms with Crippen LogP contribution in [0.3, 0.4) is 0 Å². The number of carbonyl (C=O) groups is 1. The highest BCUT2D eigenvalue weighted by Gasteiger charge is 2.09. The molecule has 19 heavy (non-hydrogen) atoms. The molecule has 2 aromatic rings. The van der Waals surface area contributed by atoms with Crippen LogP contribution in [0.2, 0.25) is 5.02 Å². The zero-order chi connectivity index (χ0) is 13.8. The summed E-state index contributed by atoms with van der Waals surface area (Å²) >= 11 is 9.17. The van der Waals surface area contributed by atoms with Crippen LogP contribution >= 0.6 is 27.5 Å². The summed E-state index contributed by atoms with van der Waals surface area (Å²) in [6.45, 7) is 0.569. The van der Waals surface area contributed by atoms with Crippen molar-refractivity contribution in [2.75, 3.05) is 6.54 Å². The first-order valence-electron chi connectivity index (χ1n) is 5.77. The highest BCUT2D eigenvalue weighted by molar-refractivity contribution is 9.10. The molecule has 4 nitrogen and oxygen atoms in total. The van der Waals surface area contributed by atoms with E-state index in [1.807, 2.05) is 13.2 Å². The Morgan fingerprint density at radius 1 is 1.53 bits per heavy atom. The summed E-state index contributed by atoms with van der Waals surface area (Å²) in [5.41, 5.74) is 1.67. The molecule has 1 amide bonds. The maximum absolute atomic E-state index is 12.0. The van der Waals surface area contributed by atoms with Crippen molar-refractivity contribution in [1.82, 2.24) is 15.1 Å². The average molecular weight is 343 g/mol. The van der Waals surface area contributed by atoms with Gasteiger partial charge in [0.15, 0.2) is 0 Å². The lowest BCUT2D eigenvalue weighted by Gasteiger charge is -2.06. The van der Waals surface area contributed by atoms with Crippen molar-refractivity contribution in [3.8, 4) is 0 Å². The molecule has 0 atom stereocenters. The molecule has 6 heteroatoms. The van der Waals surface area contributed by atoms with Gasteiger partial charge in [0.2, 0.25) is 0 Å². The molecule has 1 N–H and O–H groups in total. The molecular formula is C13H13BrClN3O. The largest absolute Gasteiger partial charge is 0.352 e. The van der Waals surface area contributed by atoms with E-state index >= 15 is 0 Å². The highest BCUT2D eigenvalue weighted by atomic mass is 79.9. The minimum absolute atomic E-state index is 0.118. The van der Waals surface area contributed by atoms with Gasteiger partial charge < -0.3 is 5.32 Å². The van der Waals surface area contributed by atoms with E-state index < -0.39 is 0 Å². The molecule has 0 saturated heterocycles. The summed E-state index contributed by atoms with van der Waals surface area (Å²) in [5.74, 6) is -0.118. The molecule has 0 saturated carbocycles. The van der Waals surface area contributed by atoms with Gasteiger partial charge in [-0.2, -0.15) is 5.10 Å². The van der Waals surface area contributed by atoms with Crippen molar-refractivity contribution in [2.45, 2.75) is 6.42 Å². The van der Waals surface area contributed by atoms with E-state index in [-0.39, 0.29) is 5.91 Å². The Morgan fingerprint density at radius 3 is 2.95 bits per heavy atom. The van der Waals surface area contributed by atoms with E-state index in [0.29, 0.717) is 21.6 Å². The van der Waals surface area contributed by atoms with Gasteiger partial charge >= 0.3 is 0 Å². The molecule has 0 fully saturated rings. The third kappa shape index (κ3) is 3.81. The molecule has 0 radical (unpaired) electrons. The molecule has 100 valence electrons. The van der Waals surface area contributed by atoms with Gasteiger partial charge in [0.25, 0.3) is 5.91 Å². The number of rotatable bonds is 4. The SMILES string of the molecule is Cn1cc(CCNC(=O)c2ccc(Cl)cc2Br)cn1. The molecule has 0 aliphatic carbocycles. The number of carbonyl (C=O) groups excluding carboxylic acids is 1. The molecular weight excluding hydrogens is 330 g/mol. The number of hydrogen-bond acceptors (Lipinski definition) is 2. The predicted octanol–water partition coefficient (Wildman–Crippen LogP) is 2.81. The molecule has 1 aromatic carbocycles. The fraction of sp³-hybridized carbons (Fsp3) is 0.231. The van der Waals surface area contributed by atoms with Crippen molar-refractivity contribution in [3.63, 3.8) is 0 Å². The van der Waals surface area contributed by atoms with E-state index in [4.69, 9.17) is 11.6 Å². The lowest BCUT2D eigenvalue weighted by Crippen LogP contribution is -2.25. The second-order valence-corrected chi connectivity index (χ2v) is 5.44. The second kappa shape index (κ2) is 6.21. The normalized spacial score (nSPS) is 10.5. The Morgan fingerprint density at radius 2 is 2.32 bits per heavy atom. The zero-order valence-corrected chi connectivity index (χ0v) is 12.7. The van der Waals surface area contributed by atoms with Gasteiger partial charge in [-0.25, -0.2) is 0 Å². The van der Waals surface area contributed by atoms with E-state index in [1.54, 1.807) is 29.1 Å². The summed E-state index contributed by atoms with van der Waals surface area (Å²) in [7, 11) is 1.87. The third-order valence-corrected chi connectivity index (χ3v) is 3.52. The molecule has 0 bridgehead atoms. The van der Waals surface area contributed by atoms with Crippen LogP contribution in [0.5, 0.6) is 0 Å². The van der Waals surface area contributed by atoms with E-state index in [0.717, 1.165) is 12.0 Å². The van der Waals surface area contributed by atoms with Crippen LogP contribution in [0.25, 0.3) is 0 Å². The standard InChI is InChI=1S/C13H13BrClN3O/c1-18-8-9(7-17-18)4-5-16-13(19)11-3-2-10(15)6-12(11)14/h2-3,6-8H,4-5H2,1H3,(H,16,19). The first-order chi connectivity index (χ1) is 9.06. The Hall–Kier alpha value is -1.33. The number of nitrogens with zero attached hydrogens (tertiary/aromatic N) is 2. The number of halogens is 2. The van der Waals surface area contributed by atoms with Gasteiger partial charge in [-0.15, -0.1) is 0 Å². The molecule has 0 unspecified atom stereocenters. The van der Waals surface area contributed by atoms with Crippen molar-refractivity contribution < 1.29 is 4.79 Å². The summed E-state index contributed by atoms with van der Waals surface area (Å²) in [5, 5.41) is 7.54. The number of amides is 1. The van der Waals surface area contributed by atoms with Gasteiger partial charge in [-0.05, 0) is 46.1 Å². The molecule has 0 aliphatic rings. The molecule has 0 aliphatic heterocycles. The summed E-state index contributed by atoms with van der Waals surface area (Å²) in [6.07, 6.45) is 4.49. The lowest BCUT2D eigenvalue weighted by molar-refractivity contribution is 0.0953. The predicted molar refractivity (Wildman–Crippen MR) is 78.4 cm³/mol. The van der Waals surface area contributed by atoms with Crippen LogP contribution in [0.1, 0.15) is 15.9 Å². The fourth-order valence-electron chi connectivity index (χ4n) is 1.69. The van der Waals surface area contributed by atoms with Crippen molar-refractivity contribution in [1.29, 1.82) is 0 Å². The summed E-state index contributed by atoms with van der Waals surface area (Å²) in [6, 6.07) is 5.10. The van der Waals surface area contributed by atoms with Gasteiger partial charge in [-0.3, -0.25) is 9.48 Å². The number of aryl methyl sites for hydroxylation is 1. The molecule has 1 aromatic heterocycles. The summed E-state index contributed by atoms with van der Waals surface area (Å²) < 4.78 is 2.44. The van der Waals surface area contributed by atoms with Crippen molar-refractivity contribution in [3.05, 3.63) is 51.2 Å². The topological polar surface area (TPSA) is 46.9 Å². The van der Waals surface area contributed by atoms with E-state index in [2.05, 4.69) is 26.3 Å². The lowest BCUT2D eigenvalue weighted by atomic mass is 10.2. The number of benzene rings is 1. The first-order valence-corrected chi connectivity index (χ1v) is 6.94. The van der Waals surface area contributed by atoms with Crippen LogP contribution < -0.4 is 5.32 Å². The van der Waals surface area contributed by atoms with E-state index in [1.165, 1.54) is 0 Å². The minimum Gasteiger partial charge on any atom is -0.352 e. The van der Waals surface area contributed by atoms with Gasteiger partial charge in [0, 0.05) is 29.3 Å². The van der Waals surface area contributed by atoms with Gasteiger partial charge in [0.05, 0.1) is 11.8 Å². The Balaban J connectivity index is 1.90. The first kappa shape index (κ1) is 14.1. The Bertz CT molecular complexity index is 597. The van der Waals surface area contributed by atoms with Crippen molar-refractivity contribution in [2.24, 2.45) is 7.05 Å². The zero-order valence-electron chi connectivity index (χ0n) is 10.4. The van der Waals surface area contributed by atoms with Crippen LogP contribution in [-0.2, 0) is 13.5 Å². The maximum atomic E-state index is 12.0. The van der Waals surface area contributed by atoms with Crippen LogP contribution in [0.15, 0.2) is 35.1 Å². The van der Waals surface area contributed by atoms with Gasteiger partial charge in [0.1, 0.15) is 0 Å². The molecule has 1 heterocycles.